The summed E-state index contributed by atoms with van der Waals surface area (Å²) < 4.78 is 1.97. The van der Waals surface area contributed by atoms with E-state index in [9.17, 15) is 14.7 Å². The second-order valence-electron chi connectivity index (χ2n) is 5.56. The zero-order valence-corrected chi connectivity index (χ0v) is 12.0. The first-order valence-electron chi connectivity index (χ1n) is 7.25. The van der Waals surface area contributed by atoms with E-state index in [0.29, 0.717) is 18.2 Å². The molecular weight excluding hydrogens is 256 g/mol. The van der Waals surface area contributed by atoms with Gasteiger partial charge in [-0.2, -0.15) is 0 Å². The van der Waals surface area contributed by atoms with Crippen LogP contribution in [-0.4, -0.2) is 27.6 Å². The predicted molar refractivity (Wildman–Crippen MR) is 75.7 cm³/mol. The molecule has 0 saturated heterocycles. The van der Waals surface area contributed by atoms with Gasteiger partial charge in [0.15, 0.2) is 0 Å². The third-order valence-corrected chi connectivity index (χ3v) is 4.25. The van der Waals surface area contributed by atoms with Crippen LogP contribution in [0.1, 0.15) is 56.1 Å². The highest BCUT2D eigenvalue weighted by atomic mass is 16.4. The maximum absolute atomic E-state index is 12.3. The van der Waals surface area contributed by atoms with Crippen LogP contribution in [0.25, 0.3) is 0 Å². The van der Waals surface area contributed by atoms with Crippen molar-refractivity contribution in [2.45, 2.75) is 51.6 Å². The number of aliphatic carboxylic acids is 1. The maximum Gasteiger partial charge on any atom is 0.326 e. The molecule has 2 rings (SSSR count). The average molecular weight is 278 g/mol. The number of nitrogens with one attached hydrogen (secondary N) is 1. The molecule has 1 aliphatic carbocycles. The summed E-state index contributed by atoms with van der Waals surface area (Å²) in [6.07, 6.45) is 5.97. The molecule has 2 atom stereocenters. The summed E-state index contributed by atoms with van der Waals surface area (Å²) >= 11 is 0. The Bertz CT molecular complexity index is 491. The number of amides is 1. The van der Waals surface area contributed by atoms with Gasteiger partial charge >= 0.3 is 5.97 Å². The highest BCUT2D eigenvalue weighted by Gasteiger charge is 2.28. The minimum absolute atomic E-state index is 0.0939. The average Bonchev–Trinajstić information content (AvgIpc) is 2.81. The summed E-state index contributed by atoms with van der Waals surface area (Å²) in [4.78, 5) is 23.6. The smallest absolute Gasteiger partial charge is 0.326 e. The van der Waals surface area contributed by atoms with Crippen LogP contribution < -0.4 is 5.32 Å². The zero-order valence-electron chi connectivity index (χ0n) is 12.0. The molecule has 0 radical (unpaired) electrons. The fraction of sp³-hybridized carbons (Fsp3) is 0.600. The van der Waals surface area contributed by atoms with Gasteiger partial charge in [-0.3, -0.25) is 4.79 Å². The molecule has 0 aliphatic heterocycles. The Morgan fingerprint density at radius 3 is 2.70 bits per heavy atom. The van der Waals surface area contributed by atoms with E-state index in [4.69, 9.17) is 0 Å². The van der Waals surface area contributed by atoms with E-state index in [1.54, 1.807) is 6.07 Å². The number of carbonyl (C=O) groups excluding carboxylic acids is 1. The SMILES string of the molecule is CCC(C)[C@H](NC(=O)c1cccn1C1CCC1)C(=O)O. The summed E-state index contributed by atoms with van der Waals surface area (Å²) in [5.74, 6) is -1.37. The summed E-state index contributed by atoms with van der Waals surface area (Å²) in [7, 11) is 0. The Morgan fingerprint density at radius 2 is 2.20 bits per heavy atom. The quantitative estimate of drug-likeness (QED) is 0.839. The van der Waals surface area contributed by atoms with Crippen LogP contribution in [-0.2, 0) is 4.79 Å². The van der Waals surface area contributed by atoms with Crippen LogP contribution in [0.4, 0.5) is 0 Å². The molecule has 1 amide bonds. The lowest BCUT2D eigenvalue weighted by molar-refractivity contribution is -0.140. The first kappa shape index (κ1) is 14.6. The second-order valence-corrected chi connectivity index (χ2v) is 5.56. The van der Waals surface area contributed by atoms with Crippen molar-refractivity contribution in [1.29, 1.82) is 0 Å². The number of hydrogen-bond acceptors (Lipinski definition) is 2. The van der Waals surface area contributed by atoms with Gasteiger partial charge in [0.05, 0.1) is 0 Å². The van der Waals surface area contributed by atoms with E-state index in [1.807, 2.05) is 30.7 Å². The summed E-state index contributed by atoms with van der Waals surface area (Å²) in [5.41, 5.74) is 0.559. The van der Waals surface area contributed by atoms with Gasteiger partial charge in [0, 0.05) is 12.2 Å². The summed E-state index contributed by atoms with van der Waals surface area (Å²) in [6.45, 7) is 3.76. The molecule has 1 fully saturated rings. The maximum atomic E-state index is 12.3. The van der Waals surface area contributed by atoms with Crippen molar-refractivity contribution < 1.29 is 14.7 Å². The Balaban J connectivity index is 2.10. The molecule has 0 aromatic carbocycles. The van der Waals surface area contributed by atoms with Gasteiger partial charge < -0.3 is 15.0 Å². The van der Waals surface area contributed by atoms with Gasteiger partial charge in [0.25, 0.3) is 5.91 Å². The molecule has 5 nitrogen and oxygen atoms in total. The van der Waals surface area contributed by atoms with Crippen LogP contribution in [0.2, 0.25) is 0 Å². The van der Waals surface area contributed by atoms with E-state index in [-0.39, 0.29) is 11.8 Å². The number of nitrogens with zero attached hydrogens (tertiary/aromatic N) is 1. The van der Waals surface area contributed by atoms with Gasteiger partial charge in [0.2, 0.25) is 0 Å². The molecule has 1 unspecified atom stereocenters. The zero-order chi connectivity index (χ0) is 14.7. The van der Waals surface area contributed by atoms with E-state index in [2.05, 4.69) is 5.32 Å². The Morgan fingerprint density at radius 1 is 1.50 bits per heavy atom. The molecule has 1 aromatic rings. The van der Waals surface area contributed by atoms with Gasteiger partial charge in [-0.1, -0.05) is 20.3 Å². The topological polar surface area (TPSA) is 71.3 Å². The largest absolute Gasteiger partial charge is 0.480 e. The number of carbonyl (C=O) groups is 2. The van der Waals surface area contributed by atoms with Crippen molar-refractivity contribution in [3.05, 3.63) is 24.0 Å². The van der Waals surface area contributed by atoms with E-state index < -0.39 is 12.0 Å². The van der Waals surface area contributed by atoms with Crippen molar-refractivity contribution in [3.63, 3.8) is 0 Å². The first-order chi connectivity index (χ1) is 9.54. The minimum Gasteiger partial charge on any atom is -0.480 e. The van der Waals surface area contributed by atoms with Crippen molar-refractivity contribution in [3.8, 4) is 0 Å². The third kappa shape index (κ3) is 2.86. The highest BCUT2D eigenvalue weighted by molar-refractivity contribution is 5.95. The lowest BCUT2D eigenvalue weighted by Crippen LogP contribution is -2.45. The van der Waals surface area contributed by atoms with Crippen LogP contribution in [0, 0.1) is 5.92 Å². The van der Waals surface area contributed by atoms with Gasteiger partial charge in [-0.25, -0.2) is 4.79 Å². The molecule has 2 N–H and O–H groups in total. The molecule has 1 heterocycles. The number of carboxylic acid groups (broad SMARTS) is 1. The molecule has 0 bridgehead atoms. The van der Waals surface area contributed by atoms with Crippen LogP contribution in [0.5, 0.6) is 0 Å². The monoisotopic (exact) mass is 278 g/mol. The van der Waals surface area contributed by atoms with Gasteiger partial charge in [-0.05, 0) is 37.3 Å². The normalized spacial score (nSPS) is 18.1. The van der Waals surface area contributed by atoms with Crippen LogP contribution >= 0.6 is 0 Å². The van der Waals surface area contributed by atoms with E-state index in [1.165, 1.54) is 6.42 Å². The second kappa shape index (κ2) is 6.11. The molecular formula is C15H22N2O3. The standard InChI is InChI=1S/C15H22N2O3/c1-3-10(2)13(15(19)20)16-14(18)12-8-5-9-17(12)11-6-4-7-11/h5,8-11,13H,3-4,6-7H2,1-2H3,(H,16,18)(H,19,20)/t10?,13-/m0/s1. The van der Waals surface area contributed by atoms with Crippen molar-refractivity contribution in [2.75, 3.05) is 0 Å². The molecule has 1 aromatic heterocycles. The fourth-order valence-corrected chi connectivity index (χ4v) is 2.47. The Labute approximate surface area is 119 Å². The lowest BCUT2D eigenvalue weighted by Gasteiger charge is -2.29. The third-order valence-electron chi connectivity index (χ3n) is 4.25. The number of rotatable bonds is 6. The summed E-state index contributed by atoms with van der Waals surface area (Å²) in [6, 6.07) is 3.14. The predicted octanol–water partition coefficient (Wildman–Crippen LogP) is 2.44. The fourth-order valence-electron chi connectivity index (χ4n) is 2.47. The highest BCUT2D eigenvalue weighted by Crippen LogP contribution is 2.32. The number of carboxylic acids is 1. The van der Waals surface area contributed by atoms with Gasteiger partial charge in [0.1, 0.15) is 11.7 Å². The molecule has 20 heavy (non-hydrogen) atoms. The molecule has 1 saturated carbocycles. The van der Waals surface area contributed by atoms with E-state index >= 15 is 0 Å². The van der Waals surface area contributed by atoms with Crippen molar-refractivity contribution in [1.82, 2.24) is 9.88 Å². The Kier molecular flexibility index (Phi) is 4.47. The lowest BCUT2D eigenvalue weighted by atomic mass is 9.92. The molecule has 5 heteroatoms. The molecule has 110 valence electrons. The molecule has 1 aliphatic rings. The van der Waals surface area contributed by atoms with Crippen LogP contribution in [0.15, 0.2) is 18.3 Å². The Hall–Kier alpha value is -1.78. The van der Waals surface area contributed by atoms with Crippen molar-refractivity contribution in [2.24, 2.45) is 5.92 Å². The first-order valence-corrected chi connectivity index (χ1v) is 7.25. The minimum atomic E-state index is -0.977. The van der Waals surface area contributed by atoms with Crippen LogP contribution in [0.3, 0.4) is 0 Å². The number of aromatic nitrogens is 1. The van der Waals surface area contributed by atoms with Gasteiger partial charge in [-0.15, -0.1) is 0 Å². The molecule has 0 spiro atoms. The van der Waals surface area contributed by atoms with E-state index in [0.717, 1.165) is 12.8 Å². The summed E-state index contributed by atoms with van der Waals surface area (Å²) in [5, 5.41) is 11.9. The number of hydrogen-bond donors (Lipinski definition) is 2. The van der Waals surface area contributed by atoms with Crippen molar-refractivity contribution >= 4 is 11.9 Å².